The average Bonchev–Trinajstić information content (AvgIpc) is 2.54. The van der Waals surface area contributed by atoms with Crippen molar-refractivity contribution in [1.82, 2.24) is 4.31 Å². The van der Waals surface area contributed by atoms with E-state index >= 15 is 0 Å². The van der Waals surface area contributed by atoms with Crippen molar-refractivity contribution >= 4 is 10.0 Å². The molecule has 1 fully saturated rings. The van der Waals surface area contributed by atoms with Crippen LogP contribution < -0.4 is 5.73 Å². The number of nitrogens with zero attached hydrogens (tertiary/aromatic N) is 1. The van der Waals surface area contributed by atoms with Crippen molar-refractivity contribution < 1.29 is 8.42 Å². The van der Waals surface area contributed by atoms with Crippen LogP contribution in [0.5, 0.6) is 0 Å². The lowest BCUT2D eigenvalue weighted by atomic mass is 9.97. The van der Waals surface area contributed by atoms with E-state index < -0.39 is 10.0 Å². The first kappa shape index (κ1) is 16.5. The molecule has 118 valence electrons. The fourth-order valence-corrected chi connectivity index (χ4v) is 4.48. The van der Waals surface area contributed by atoms with Crippen LogP contribution in [0, 0.1) is 5.92 Å². The highest BCUT2D eigenvalue weighted by atomic mass is 32.2. The highest BCUT2D eigenvalue weighted by molar-refractivity contribution is 7.89. The summed E-state index contributed by atoms with van der Waals surface area (Å²) >= 11 is 0. The minimum absolute atomic E-state index is 0.107. The van der Waals surface area contributed by atoms with E-state index in [1.165, 1.54) is 0 Å². The van der Waals surface area contributed by atoms with Gasteiger partial charge in [0.05, 0.1) is 4.90 Å². The second kappa shape index (κ2) is 6.90. The van der Waals surface area contributed by atoms with Crippen LogP contribution in [-0.4, -0.2) is 25.8 Å². The number of nitrogens with two attached hydrogens (primary N) is 1. The molecule has 4 nitrogen and oxygen atoms in total. The summed E-state index contributed by atoms with van der Waals surface area (Å²) in [6.45, 7) is 5.40. The Morgan fingerprint density at radius 2 is 2.14 bits per heavy atom. The lowest BCUT2D eigenvalue weighted by molar-refractivity contribution is 0.261. The first-order valence-electron chi connectivity index (χ1n) is 7.84. The smallest absolute Gasteiger partial charge is 0.243 e. The fourth-order valence-electron chi connectivity index (χ4n) is 2.87. The van der Waals surface area contributed by atoms with Gasteiger partial charge in [-0.3, -0.25) is 0 Å². The molecule has 0 amide bonds. The number of benzene rings is 1. The largest absolute Gasteiger partial charge is 0.324 e. The van der Waals surface area contributed by atoms with Crippen molar-refractivity contribution in [2.45, 2.75) is 50.5 Å². The Hall–Kier alpha value is -0.910. The van der Waals surface area contributed by atoms with Crippen LogP contribution in [0.4, 0.5) is 0 Å². The zero-order valence-electron chi connectivity index (χ0n) is 13.0. The maximum atomic E-state index is 12.8. The van der Waals surface area contributed by atoms with Crippen LogP contribution in [0.2, 0.25) is 0 Å². The van der Waals surface area contributed by atoms with E-state index in [9.17, 15) is 8.42 Å². The molecule has 1 aromatic rings. The van der Waals surface area contributed by atoms with Crippen molar-refractivity contribution in [3.8, 4) is 0 Å². The maximum absolute atomic E-state index is 12.8. The SMILES string of the molecule is CCC1CCCN(S(=O)(=O)c2cccc(C(N)CC)c2)C1. The van der Waals surface area contributed by atoms with Crippen molar-refractivity contribution in [1.29, 1.82) is 0 Å². The van der Waals surface area contributed by atoms with E-state index in [4.69, 9.17) is 5.73 Å². The summed E-state index contributed by atoms with van der Waals surface area (Å²) in [6, 6.07) is 7.00. The van der Waals surface area contributed by atoms with Crippen molar-refractivity contribution in [2.24, 2.45) is 11.7 Å². The van der Waals surface area contributed by atoms with Crippen molar-refractivity contribution in [3.05, 3.63) is 29.8 Å². The Labute approximate surface area is 128 Å². The molecule has 0 radical (unpaired) electrons. The Balaban J connectivity index is 2.27. The van der Waals surface area contributed by atoms with Gasteiger partial charge < -0.3 is 5.73 Å². The number of hydrogen-bond donors (Lipinski definition) is 1. The van der Waals surface area contributed by atoms with Crippen LogP contribution >= 0.6 is 0 Å². The molecule has 1 aliphatic rings. The summed E-state index contributed by atoms with van der Waals surface area (Å²) in [5, 5.41) is 0. The van der Waals surface area contributed by atoms with Gasteiger partial charge in [0.2, 0.25) is 10.0 Å². The van der Waals surface area contributed by atoms with Gasteiger partial charge in [0, 0.05) is 19.1 Å². The summed E-state index contributed by atoms with van der Waals surface area (Å²) in [5.41, 5.74) is 6.91. The molecule has 2 atom stereocenters. The predicted octanol–water partition coefficient (Wildman–Crippen LogP) is 2.91. The van der Waals surface area contributed by atoms with Gasteiger partial charge in [-0.05, 0) is 42.9 Å². The molecule has 21 heavy (non-hydrogen) atoms. The van der Waals surface area contributed by atoms with Crippen LogP contribution in [0.15, 0.2) is 29.2 Å². The second-order valence-electron chi connectivity index (χ2n) is 5.87. The molecule has 1 aromatic carbocycles. The molecular weight excluding hydrogens is 284 g/mol. The Morgan fingerprint density at radius 1 is 1.38 bits per heavy atom. The van der Waals surface area contributed by atoms with Gasteiger partial charge in [0.1, 0.15) is 0 Å². The molecule has 0 spiro atoms. The standard InChI is InChI=1S/C16H26N2O2S/c1-3-13-7-6-10-18(12-13)21(19,20)15-9-5-8-14(11-15)16(17)4-2/h5,8-9,11,13,16H,3-4,6-7,10,12,17H2,1-2H3. The van der Waals surface area contributed by atoms with Gasteiger partial charge in [-0.2, -0.15) is 4.31 Å². The Bertz CT molecular complexity index is 571. The molecule has 2 N–H and O–H groups in total. The predicted molar refractivity (Wildman–Crippen MR) is 85.4 cm³/mol. The first-order chi connectivity index (χ1) is 9.98. The summed E-state index contributed by atoms with van der Waals surface area (Å²) in [6.07, 6.45) is 3.91. The van der Waals surface area contributed by atoms with E-state index in [0.717, 1.165) is 31.2 Å². The van der Waals surface area contributed by atoms with E-state index in [1.807, 2.05) is 13.0 Å². The minimum atomic E-state index is -3.39. The van der Waals surface area contributed by atoms with Crippen molar-refractivity contribution in [3.63, 3.8) is 0 Å². The van der Waals surface area contributed by atoms with Gasteiger partial charge in [-0.25, -0.2) is 8.42 Å². The first-order valence-corrected chi connectivity index (χ1v) is 9.28. The fraction of sp³-hybridized carbons (Fsp3) is 0.625. The molecule has 2 unspecified atom stereocenters. The van der Waals surface area contributed by atoms with Gasteiger partial charge >= 0.3 is 0 Å². The topological polar surface area (TPSA) is 63.4 Å². The summed E-state index contributed by atoms with van der Waals surface area (Å²) in [7, 11) is -3.39. The molecule has 5 heteroatoms. The normalized spacial score (nSPS) is 22.1. The Kier molecular flexibility index (Phi) is 5.41. The van der Waals surface area contributed by atoms with Crippen molar-refractivity contribution in [2.75, 3.05) is 13.1 Å². The molecule has 0 bridgehead atoms. The molecule has 2 rings (SSSR count). The summed E-state index contributed by atoms with van der Waals surface area (Å²) < 4.78 is 27.2. The third kappa shape index (κ3) is 3.65. The molecule has 1 aliphatic heterocycles. The quantitative estimate of drug-likeness (QED) is 0.909. The average molecular weight is 310 g/mol. The third-order valence-corrected chi connectivity index (χ3v) is 6.28. The molecular formula is C16H26N2O2S. The highest BCUT2D eigenvalue weighted by Crippen LogP contribution is 2.26. The minimum Gasteiger partial charge on any atom is -0.324 e. The van der Waals surface area contributed by atoms with Gasteiger partial charge in [-0.1, -0.05) is 32.4 Å². The zero-order valence-corrected chi connectivity index (χ0v) is 13.8. The molecule has 0 aromatic heterocycles. The number of piperidine rings is 1. The second-order valence-corrected chi connectivity index (χ2v) is 7.80. The van der Waals surface area contributed by atoms with E-state index in [-0.39, 0.29) is 6.04 Å². The summed E-state index contributed by atoms with van der Waals surface area (Å²) in [5.74, 6) is 0.481. The molecule has 1 heterocycles. The zero-order chi connectivity index (χ0) is 15.5. The number of hydrogen-bond acceptors (Lipinski definition) is 3. The van der Waals surface area contributed by atoms with Crippen LogP contribution in [-0.2, 0) is 10.0 Å². The van der Waals surface area contributed by atoms with Crippen LogP contribution in [0.1, 0.15) is 51.1 Å². The lowest BCUT2D eigenvalue weighted by Crippen LogP contribution is -2.39. The maximum Gasteiger partial charge on any atom is 0.243 e. The highest BCUT2D eigenvalue weighted by Gasteiger charge is 2.29. The van der Waals surface area contributed by atoms with E-state index in [0.29, 0.717) is 23.9 Å². The third-order valence-electron chi connectivity index (χ3n) is 4.42. The summed E-state index contributed by atoms with van der Waals surface area (Å²) in [4.78, 5) is 0.376. The van der Waals surface area contributed by atoms with E-state index in [2.05, 4.69) is 6.92 Å². The molecule has 0 saturated carbocycles. The monoisotopic (exact) mass is 310 g/mol. The van der Waals surface area contributed by atoms with Gasteiger partial charge in [0.25, 0.3) is 0 Å². The van der Waals surface area contributed by atoms with Crippen LogP contribution in [0.3, 0.4) is 0 Å². The Morgan fingerprint density at radius 3 is 2.81 bits per heavy atom. The number of rotatable bonds is 5. The molecule has 1 saturated heterocycles. The van der Waals surface area contributed by atoms with Crippen LogP contribution in [0.25, 0.3) is 0 Å². The number of sulfonamides is 1. The van der Waals surface area contributed by atoms with E-state index in [1.54, 1.807) is 22.5 Å². The van der Waals surface area contributed by atoms with Gasteiger partial charge in [-0.15, -0.1) is 0 Å². The lowest BCUT2D eigenvalue weighted by Gasteiger charge is -2.31. The molecule has 0 aliphatic carbocycles. The van der Waals surface area contributed by atoms with Gasteiger partial charge in [0.15, 0.2) is 0 Å².